The normalized spacial score (nSPS) is 18.1. The Labute approximate surface area is 105 Å². The van der Waals surface area contributed by atoms with E-state index in [1.54, 1.807) is 0 Å². The van der Waals surface area contributed by atoms with Crippen LogP contribution in [0.15, 0.2) is 24.3 Å². The third kappa shape index (κ3) is 2.47. The van der Waals surface area contributed by atoms with E-state index in [0.29, 0.717) is 5.41 Å². The van der Waals surface area contributed by atoms with Crippen LogP contribution >= 0.6 is 0 Å². The molecule has 17 heavy (non-hydrogen) atoms. The highest BCUT2D eigenvalue weighted by Gasteiger charge is 2.39. The highest BCUT2D eigenvalue weighted by atomic mass is 15.1. The fourth-order valence-corrected chi connectivity index (χ4v) is 2.89. The van der Waals surface area contributed by atoms with Crippen LogP contribution in [0.2, 0.25) is 0 Å². The lowest BCUT2D eigenvalue weighted by molar-refractivity contribution is 0.148. The molecule has 0 aliphatic heterocycles. The van der Waals surface area contributed by atoms with E-state index in [1.807, 2.05) is 6.07 Å². The largest absolute Gasteiger partial charge is 0.399 e. The lowest BCUT2D eigenvalue weighted by atomic mass is 9.64. The van der Waals surface area contributed by atoms with Gasteiger partial charge in [-0.05, 0) is 43.6 Å². The second kappa shape index (κ2) is 5.09. The highest BCUT2D eigenvalue weighted by molar-refractivity contribution is 5.44. The first-order chi connectivity index (χ1) is 8.20. The molecule has 94 valence electrons. The molecule has 1 saturated carbocycles. The van der Waals surface area contributed by atoms with Crippen molar-refractivity contribution in [2.75, 3.05) is 25.4 Å². The Morgan fingerprint density at radius 1 is 1.24 bits per heavy atom. The summed E-state index contributed by atoms with van der Waals surface area (Å²) in [5.74, 6) is 0. The van der Waals surface area contributed by atoms with E-state index in [4.69, 9.17) is 5.73 Å². The number of likely N-dealkylation sites (N-methyl/N-ethyl adjacent to an activating group) is 1. The fraction of sp³-hybridized carbons (Fsp3) is 0.600. The third-order valence-electron chi connectivity index (χ3n) is 4.23. The molecule has 1 aromatic carbocycles. The van der Waals surface area contributed by atoms with Crippen molar-refractivity contribution in [3.8, 4) is 0 Å². The van der Waals surface area contributed by atoms with E-state index in [1.165, 1.54) is 31.4 Å². The zero-order valence-corrected chi connectivity index (χ0v) is 11.1. The van der Waals surface area contributed by atoms with Gasteiger partial charge in [-0.3, -0.25) is 0 Å². The molecule has 0 bridgehead atoms. The van der Waals surface area contributed by atoms with Gasteiger partial charge >= 0.3 is 0 Å². The smallest absolute Gasteiger partial charge is 0.0316 e. The summed E-state index contributed by atoms with van der Waals surface area (Å²) < 4.78 is 0. The van der Waals surface area contributed by atoms with Gasteiger partial charge < -0.3 is 10.6 Å². The van der Waals surface area contributed by atoms with Crippen molar-refractivity contribution in [2.24, 2.45) is 0 Å². The van der Waals surface area contributed by atoms with Crippen LogP contribution in [0.1, 0.15) is 38.7 Å². The van der Waals surface area contributed by atoms with E-state index in [2.05, 4.69) is 36.9 Å². The standard InChI is InChI=1S/C15H24N2/c1-3-17(4-2)12-15(9-6-10-15)13-7-5-8-14(16)11-13/h5,7-8,11H,3-4,6,9-10,12,16H2,1-2H3. The molecule has 2 heteroatoms. The van der Waals surface area contributed by atoms with Crippen LogP contribution < -0.4 is 5.73 Å². The van der Waals surface area contributed by atoms with E-state index >= 15 is 0 Å². The molecule has 1 aliphatic rings. The van der Waals surface area contributed by atoms with Crippen LogP contribution in [0.5, 0.6) is 0 Å². The summed E-state index contributed by atoms with van der Waals surface area (Å²) in [5, 5.41) is 0. The molecule has 0 spiro atoms. The molecular weight excluding hydrogens is 208 g/mol. The molecule has 2 N–H and O–H groups in total. The summed E-state index contributed by atoms with van der Waals surface area (Å²) in [5.41, 5.74) is 8.63. The lowest BCUT2D eigenvalue weighted by Crippen LogP contribution is -2.45. The second-order valence-electron chi connectivity index (χ2n) is 5.22. The summed E-state index contributed by atoms with van der Waals surface area (Å²) in [6, 6.07) is 8.49. The minimum absolute atomic E-state index is 0.376. The van der Waals surface area contributed by atoms with Crippen LogP contribution in [0.4, 0.5) is 5.69 Å². The molecular formula is C15H24N2. The molecule has 1 fully saturated rings. The maximum atomic E-state index is 5.92. The molecule has 2 rings (SSSR count). The molecule has 0 unspecified atom stereocenters. The molecule has 1 aliphatic carbocycles. The molecule has 0 radical (unpaired) electrons. The van der Waals surface area contributed by atoms with Gasteiger partial charge in [0.2, 0.25) is 0 Å². The van der Waals surface area contributed by atoms with E-state index < -0.39 is 0 Å². The zero-order chi connectivity index (χ0) is 12.3. The van der Waals surface area contributed by atoms with Crippen LogP contribution in [0.25, 0.3) is 0 Å². The summed E-state index contributed by atoms with van der Waals surface area (Å²) in [6.45, 7) is 7.95. The number of hydrogen-bond acceptors (Lipinski definition) is 2. The van der Waals surface area contributed by atoms with Gasteiger partial charge in [0.25, 0.3) is 0 Å². The maximum absolute atomic E-state index is 5.92. The number of nitrogens with two attached hydrogens (primary N) is 1. The van der Waals surface area contributed by atoms with E-state index in [0.717, 1.165) is 18.8 Å². The lowest BCUT2D eigenvalue weighted by Gasteiger charge is -2.45. The number of rotatable bonds is 5. The number of hydrogen-bond donors (Lipinski definition) is 1. The molecule has 0 saturated heterocycles. The number of anilines is 1. The Hall–Kier alpha value is -1.02. The van der Waals surface area contributed by atoms with Gasteiger partial charge in [-0.15, -0.1) is 0 Å². The Morgan fingerprint density at radius 3 is 2.41 bits per heavy atom. The Bertz CT molecular complexity index is 365. The first-order valence-corrected chi connectivity index (χ1v) is 6.78. The molecule has 2 nitrogen and oxygen atoms in total. The Kier molecular flexibility index (Phi) is 3.72. The van der Waals surface area contributed by atoms with Gasteiger partial charge in [0, 0.05) is 17.6 Å². The molecule has 1 aromatic rings. The third-order valence-corrected chi connectivity index (χ3v) is 4.23. The molecule has 0 amide bonds. The minimum atomic E-state index is 0.376. The van der Waals surface area contributed by atoms with Crippen molar-refractivity contribution < 1.29 is 0 Å². The molecule has 0 heterocycles. The predicted molar refractivity (Wildman–Crippen MR) is 74.2 cm³/mol. The maximum Gasteiger partial charge on any atom is 0.0316 e. The summed E-state index contributed by atoms with van der Waals surface area (Å²) >= 11 is 0. The number of nitrogen functional groups attached to an aromatic ring is 1. The van der Waals surface area contributed by atoms with Crippen molar-refractivity contribution in [2.45, 2.75) is 38.5 Å². The first-order valence-electron chi connectivity index (χ1n) is 6.78. The van der Waals surface area contributed by atoms with E-state index in [-0.39, 0.29) is 0 Å². The Morgan fingerprint density at radius 2 is 1.94 bits per heavy atom. The average Bonchev–Trinajstić information content (AvgIpc) is 2.29. The highest BCUT2D eigenvalue weighted by Crippen LogP contribution is 2.44. The van der Waals surface area contributed by atoms with Gasteiger partial charge in [0.15, 0.2) is 0 Å². The van der Waals surface area contributed by atoms with Crippen molar-refractivity contribution in [3.63, 3.8) is 0 Å². The molecule has 0 atom stereocenters. The van der Waals surface area contributed by atoms with Crippen LogP contribution in [-0.4, -0.2) is 24.5 Å². The Balaban J connectivity index is 2.19. The molecule has 0 aromatic heterocycles. The average molecular weight is 232 g/mol. The topological polar surface area (TPSA) is 29.3 Å². The van der Waals surface area contributed by atoms with Gasteiger partial charge in [-0.25, -0.2) is 0 Å². The van der Waals surface area contributed by atoms with Crippen LogP contribution in [0, 0.1) is 0 Å². The fourth-order valence-electron chi connectivity index (χ4n) is 2.89. The van der Waals surface area contributed by atoms with Gasteiger partial charge in [-0.2, -0.15) is 0 Å². The number of benzene rings is 1. The predicted octanol–water partition coefficient (Wildman–Crippen LogP) is 3.03. The number of nitrogens with zero attached hydrogens (tertiary/aromatic N) is 1. The minimum Gasteiger partial charge on any atom is -0.399 e. The van der Waals surface area contributed by atoms with Crippen molar-refractivity contribution in [1.29, 1.82) is 0 Å². The van der Waals surface area contributed by atoms with Crippen LogP contribution in [0.3, 0.4) is 0 Å². The summed E-state index contributed by atoms with van der Waals surface area (Å²) in [7, 11) is 0. The quantitative estimate of drug-likeness (QED) is 0.791. The van der Waals surface area contributed by atoms with Gasteiger partial charge in [0.05, 0.1) is 0 Å². The van der Waals surface area contributed by atoms with Crippen molar-refractivity contribution in [1.82, 2.24) is 4.90 Å². The summed E-state index contributed by atoms with van der Waals surface area (Å²) in [6.07, 6.45) is 3.98. The zero-order valence-electron chi connectivity index (χ0n) is 11.1. The SMILES string of the molecule is CCN(CC)CC1(c2cccc(N)c2)CCC1. The summed E-state index contributed by atoms with van der Waals surface area (Å²) in [4.78, 5) is 2.53. The van der Waals surface area contributed by atoms with E-state index in [9.17, 15) is 0 Å². The van der Waals surface area contributed by atoms with Crippen LogP contribution in [-0.2, 0) is 5.41 Å². The van der Waals surface area contributed by atoms with Gasteiger partial charge in [0.1, 0.15) is 0 Å². The van der Waals surface area contributed by atoms with Crippen molar-refractivity contribution >= 4 is 5.69 Å². The second-order valence-corrected chi connectivity index (χ2v) is 5.22. The monoisotopic (exact) mass is 232 g/mol. The first kappa shape index (κ1) is 12.4. The van der Waals surface area contributed by atoms with Crippen molar-refractivity contribution in [3.05, 3.63) is 29.8 Å². The van der Waals surface area contributed by atoms with Gasteiger partial charge in [-0.1, -0.05) is 32.4 Å².